The first kappa shape index (κ1) is 81.1. The Kier molecular flexibility index (Phi) is 36.5. The number of Topliss-reactive ketones (excluding diaryl/α,β-unsaturated/α-hetero) is 1. The molecule has 5 aromatic rings. The van der Waals surface area contributed by atoms with Crippen LogP contribution in [-0.2, 0) is 69.0 Å². The second kappa shape index (κ2) is 40.9. The Balaban J connectivity index is 0.000000383. The van der Waals surface area contributed by atoms with E-state index in [1.54, 1.807) is 33.5 Å². The summed E-state index contributed by atoms with van der Waals surface area (Å²) in [5, 5.41) is 44.5. The Bertz CT molecular complexity index is 2900. The highest BCUT2D eigenvalue weighted by Crippen LogP contribution is 2.43. The summed E-state index contributed by atoms with van der Waals surface area (Å²) in [7, 11) is 0. The van der Waals surface area contributed by atoms with Crippen molar-refractivity contribution < 1.29 is 62.7 Å². The molecule has 2 heterocycles. The van der Waals surface area contributed by atoms with Crippen molar-refractivity contribution in [3.05, 3.63) is 111 Å². The van der Waals surface area contributed by atoms with Crippen LogP contribution in [-0.4, -0.2) is 126 Å². The molecular weight excluding hydrogens is 1290 g/mol. The Morgan fingerprint density at radius 1 is 0.604 bits per heavy atom. The van der Waals surface area contributed by atoms with E-state index in [0.717, 1.165) is 77.3 Å². The number of ether oxygens (including phenoxy) is 4. The second-order valence-corrected chi connectivity index (χ2v) is 29.3. The van der Waals surface area contributed by atoms with E-state index >= 15 is 0 Å². The van der Waals surface area contributed by atoms with Crippen LogP contribution in [0.25, 0.3) is 0 Å². The van der Waals surface area contributed by atoms with Crippen molar-refractivity contribution in [3.8, 4) is 0 Å². The lowest BCUT2D eigenvalue weighted by Gasteiger charge is -2.35. The van der Waals surface area contributed by atoms with Crippen LogP contribution < -0.4 is 49.3 Å². The fourth-order valence-electron chi connectivity index (χ4n) is 9.34. The molecular formula is C62H90Cl3N10O13PS2. The minimum atomic E-state index is -2.24. The molecule has 91 heavy (non-hydrogen) atoms. The summed E-state index contributed by atoms with van der Waals surface area (Å²) in [6.07, 6.45) is 8.44. The summed E-state index contributed by atoms with van der Waals surface area (Å²) < 4.78 is 19.6. The zero-order chi connectivity index (χ0) is 65.7. The molecule has 11 N–H and O–H groups in total. The first-order valence-corrected chi connectivity index (χ1v) is 33.3. The Morgan fingerprint density at radius 3 is 1.27 bits per heavy atom. The SMILES string of the molecule is CC(C)(C)OC(=O)NC1CC(=O)C1.CC(C)(C)OC(=O)NC1CC(CC(=O)NN)C1.CCOC(=O)C(=O)Cl.CCOC(=O)C=P(c1ccccc1)(c1ccccc1)c1ccccc1.Cl.Cl.NC1CC(Cc2nnc(CO)s2)C1.NC1CC(Cc2nnc(CO)s2)C1. The number of halogens is 3. The van der Waals surface area contributed by atoms with Gasteiger partial charge in [0.1, 0.15) is 37.0 Å². The lowest BCUT2D eigenvalue weighted by molar-refractivity contribution is -0.149. The molecule has 23 nitrogen and oxygen atoms in total. The number of nitrogens with zero attached hydrogens (tertiary/aromatic N) is 4. The molecule has 3 amide bonds. The first-order valence-electron chi connectivity index (χ1n) is 29.5. The molecule has 4 aliphatic rings. The number of aliphatic hydroxyl groups excluding tert-OH is 2. The van der Waals surface area contributed by atoms with Gasteiger partial charge < -0.3 is 51.3 Å². The fraction of sp³-hybridized carbons (Fsp3) is 0.516. The molecule has 504 valence electrons. The lowest BCUT2D eigenvalue weighted by Crippen LogP contribution is -2.47. The minimum Gasteiger partial charge on any atom is -0.463 e. The third-order valence-electron chi connectivity index (χ3n) is 13.5. The largest absolute Gasteiger partial charge is 0.463 e. The zero-order valence-corrected chi connectivity index (χ0v) is 57.7. The number of esters is 2. The monoisotopic (exact) mass is 1380 g/mol. The molecule has 3 aromatic carbocycles. The number of nitrogens with two attached hydrogens (primary N) is 3. The number of carbonyl (C=O) groups excluding carboxylic acids is 7. The molecule has 0 bridgehead atoms. The Labute approximate surface area is 558 Å². The normalized spacial score (nSPS) is 18.5. The van der Waals surface area contributed by atoms with E-state index in [1.807, 2.05) is 82.3 Å². The van der Waals surface area contributed by atoms with Crippen molar-refractivity contribution in [2.24, 2.45) is 35.1 Å². The van der Waals surface area contributed by atoms with Crippen molar-refractivity contribution in [2.45, 2.75) is 175 Å². The van der Waals surface area contributed by atoms with Crippen molar-refractivity contribution >= 4 is 129 Å². The number of rotatable bonds is 17. The van der Waals surface area contributed by atoms with Gasteiger partial charge in [-0.2, -0.15) is 0 Å². The van der Waals surface area contributed by atoms with Gasteiger partial charge in [-0.15, -0.1) is 45.2 Å². The van der Waals surface area contributed by atoms with Gasteiger partial charge in [0.05, 0.1) is 26.4 Å². The maximum absolute atomic E-state index is 12.5. The molecule has 0 saturated heterocycles. The van der Waals surface area contributed by atoms with Gasteiger partial charge in [-0.25, -0.2) is 25.0 Å². The van der Waals surface area contributed by atoms with E-state index in [0.29, 0.717) is 65.7 Å². The highest BCUT2D eigenvalue weighted by Gasteiger charge is 2.34. The summed E-state index contributed by atoms with van der Waals surface area (Å²) in [6, 6.07) is 31.6. The van der Waals surface area contributed by atoms with Gasteiger partial charge in [-0.3, -0.25) is 19.8 Å². The molecule has 29 heteroatoms. The van der Waals surface area contributed by atoms with Gasteiger partial charge >= 0.3 is 29.4 Å². The summed E-state index contributed by atoms with van der Waals surface area (Å²) in [5.41, 5.74) is 12.5. The topological polar surface area (TPSA) is 363 Å². The number of aliphatic hydroxyl groups is 2. The van der Waals surface area contributed by atoms with Crippen LogP contribution >= 0.6 is 66.0 Å². The average molecular weight is 1380 g/mol. The van der Waals surface area contributed by atoms with Gasteiger partial charge in [0, 0.05) is 62.1 Å². The standard InChI is InChI=1S/C22H21O2P.C11H21N3O3.C9H15NO3.2C8H13N3OS.C4H5ClO3.2ClH/c1-2-24-22(23)18-25(19-12-6-3-7-13-19,20-14-8-4-9-15-20)21-16-10-5-11-17-21;1-11(2,3)17-10(16)13-8-4-7(5-8)6-9(15)14-12;1-9(2,3)13-8(12)10-6-4-7(11)5-6;2*9-6-1-5(2-6)3-7-10-11-8(4-12)13-7;1-2-8-4(7)3(5)6;;/h3-18H,2H2,1H3;7-8H,4-6,12H2,1-3H3,(H,13,16)(H,14,15);6H,4-5H2,1-3H3,(H,10,12);2*5-6,12H,1-4,9H2;2H2,1H3;2*1H. The number of hydrazine groups is 1. The van der Waals surface area contributed by atoms with Crippen molar-refractivity contribution in [2.75, 3.05) is 13.2 Å². The molecule has 4 fully saturated rings. The summed E-state index contributed by atoms with van der Waals surface area (Å²) in [6.45, 7) is 12.6. The van der Waals surface area contributed by atoms with Crippen LogP contribution in [0.15, 0.2) is 91.0 Å². The van der Waals surface area contributed by atoms with Crippen LogP contribution in [0.5, 0.6) is 0 Å². The van der Waals surface area contributed by atoms with Crippen LogP contribution in [0.3, 0.4) is 0 Å². The lowest BCUT2D eigenvalue weighted by atomic mass is 9.78. The molecule has 4 saturated carbocycles. The summed E-state index contributed by atoms with van der Waals surface area (Å²) in [5.74, 6) is 7.25. The predicted molar refractivity (Wildman–Crippen MR) is 361 cm³/mol. The number of benzene rings is 3. The van der Waals surface area contributed by atoms with E-state index in [9.17, 15) is 33.6 Å². The molecule has 0 unspecified atom stereocenters. The van der Waals surface area contributed by atoms with Crippen LogP contribution in [0, 0.1) is 17.8 Å². The number of hydrogen-bond donors (Lipinski definition) is 8. The maximum Gasteiger partial charge on any atom is 0.407 e. The quantitative estimate of drug-likeness (QED) is 0.00676. The van der Waals surface area contributed by atoms with Crippen molar-refractivity contribution in [1.82, 2.24) is 36.5 Å². The number of amides is 3. The third kappa shape index (κ3) is 30.1. The van der Waals surface area contributed by atoms with Crippen LogP contribution in [0.1, 0.15) is 133 Å². The molecule has 2 aromatic heterocycles. The van der Waals surface area contributed by atoms with E-state index in [2.05, 4.69) is 77.6 Å². The minimum absolute atomic E-state index is 0. The zero-order valence-electron chi connectivity index (χ0n) is 52.7. The Hall–Kier alpha value is -5.96. The third-order valence-corrected chi connectivity index (χ3v) is 19.5. The van der Waals surface area contributed by atoms with E-state index in [-0.39, 0.29) is 74.4 Å². The van der Waals surface area contributed by atoms with Crippen LogP contribution in [0.2, 0.25) is 0 Å². The molecule has 4 aliphatic carbocycles. The van der Waals surface area contributed by atoms with Crippen LogP contribution in [0.4, 0.5) is 9.59 Å². The van der Waals surface area contributed by atoms with Gasteiger partial charge in [-0.1, -0.05) is 114 Å². The maximum atomic E-state index is 12.5. The number of aromatic nitrogens is 4. The molecule has 0 radical (unpaired) electrons. The average Bonchev–Trinajstić information content (AvgIpc) is 1.19. The molecule has 0 spiro atoms. The highest BCUT2D eigenvalue weighted by atomic mass is 35.5. The molecule has 9 rings (SSSR count). The fourth-order valence-corrected chi connectivity index (χ4v) is 14.7. The van der Waals surface area contributed by atoms with E-state index < -0.39 is 41.5 Å². The van der Waals surface area contributed by atoms with Gasteiger partial charge in [0.25, 0.3) is 0 Å². The number of hydrogen-bond acceptors (Lipinski definition) is 22. The van der Waals surface area contributed by atoms with Gasteiger partial charge in [0.15, 0.2) is 0 Å². The first-order chi connectivity index (χ1) is 42.2. The predicted octanol–water partition coefficient (Wildman–Crippen LogP) is 7.04. The smallest absolute Gasteiger partial charge is 0.407 e. The molecule has 0 atom stereocenters. The van der Waals surface area contributed by atoms with Gasteiger partial charge in [0.2, 0.25) is 5.91 Å². The second-order valence-electron chi connectivity index (χ2n) is 23.4. The number of carbonyl (C=O) groups is 7. The Morgan fingerprint density at radius 2 is 0.978 bits per heavy atom. The molecule has 0 aliphatic heterocycles. The summed E-state index contributed by atoms with van der Waals surface area (Å²) in [4.78, 5) is 76.5. The van der Waals surface area contributed by atoms with Gasteiger partial charge in [-0.05, 0) is 146 Å². The highest BCUT2D eigenvalue weighted by molar-refractivity contribution is 7.95. The van der Waals surface area contributed by atoms with Crippen molar-refractivity contribution in [1.29, 1.82) is 0 Å². The van der Waals surface area contributed by atoms with E-state index in [4.69, 9.17) is 53.3 Å². The number of nitrogens with one attached hydrogen (secondary N) is 3. The number of ketones is 1. The van der Waals surface area contributed by atoms with E-state index in [1.165, 1.54) is 22.7 Å². The summed E-state index contributed by atoms with van der Waals surface area (Å²) >= 11 is 7.69. The number of alkyl carbamates (subject to hydrolysis) is 2. The van der Waals surface area contributed by atoms with Crippen molar-refractivity contribution in [3.63, 3.8) is 0 Å².